The van der Waals surface area contributed by atoms with Gasteiger partial charge in [0.05, 0.1) is 4.47 Å². The first-order valence-corrected chi connectivity index (χ1v) is 12.8. The van der Waals surface area contributed by atoms with E-state index in [1.54, 1.807) is 18.2 Å². The van der Waals surface area contributed by atoms with Crippen LogP contribution in [0.3, 0.4) is 0 Å². The Morgan fingerprint density at radius 2 is 2.00 bits per heavy atom. The molecule has 2 heterocycles. The van der Waals surface area contributed by atoms with Crippen LogP contribution in [0.1, 0.15) is 37.7 Å². The predicted molar refractivity (Wildman–Crippen MR) is 121 cm³/mol. The number of benzene rings is 1. The normalized spacial score (nSPS) is 21.3. The minimum Gasteiger partial charge on any atom is -0.396 e. The number of nitrogens with zero attached hydrogens (tertiary/aromatic N) is 2. The molecular formula is C22H27BrFN3O3S. The van der Waals surface area contributed by atoms with E-state index in [0.29, 0.717) is 15.8 Å². The average molecular weight is 512 g/mol. The predicted octanol–water partition coefficient (Wildman–Crippen LogP) is 3.66. The van der Waals surface area contributed by atoms with Crippen molar-refractivity contribution < 1.29 is 17.9 Å². The van der Waals surface area contributed by atoms with Crippen LogP contribution >= 0.6 is 15.9 Å². The molecule has 1 aliphatic heterocycles. The molecule has 2 unspecified atom stereocenters. The van der Waals surface area contributed by atoms with Gasteiger partial charge in [-0.15, -0.1) is 0 Å². The van der Waals surface area contributed by atoms with Gasteiger partial charge in [-0.25, -0.2) is 22.5 Å². The van der Waals surface area contributed by atoms with Gasteiger partial charge in [-0.2, -0.15) is 0 Å². The molecule has 1 saturated heterocycles. The largest absolute Gasteiger partial charge is 0.396 e. The third kappa shape index (κ3) is 4.79. The molecule has 1 aliphatic carbocycles. The van der Waals surface area contributed by atoms with E-state index in [9.17, 15) is 17.9 Å². The summed E-state index contributed by atoms with van der Waals surface area (Å²) < 4.78 is 41.9. The highest BCUT2D eigenvalue weighted by atomic mass is 79.9. The number of pyridine rings is 1. The summed E-state index contributed by atoms with van der Waals surface area (Å²) in [5.41, 5.74) is 1.16. The Morgan fingerprint density at radius 1 is 1.32 bits per heavy atom. The second kappa shape index (κ2) is 8.77. The first kappa shape index (κ1) is 22.6. The minimum absolute atomic E-state index is 0.100. The fraction of sp³-hybridized carbons (Fsp3) is 0.500. The molecule has 2 atom stereocenters. The number of halogens is 2. The Balaban J connectivity index is 1.39. The van der Waals surface area contributed by atoms with Crippen molar-refractivity contribution >= 4 is 31.8 Å². The van der Waals surface area contributed by atoms with E-state index < -0.39 is 10.0 Å². The quantitative estimate of drug-likeness (QED) is 0.592. The molecule has 168 valence electrons. The summed E-state index contributed by atoms with van der Waals surface area (Å²) in [5.74, 6) is 0.760. The van der Waals surface area contributed by atoms with Crippen molar-refractivity contribution in [3.05, 3.63) is 52.4 Å². The number of hydrogen-bond acceptors (Lipinski definition) is 5. The van der Waals surface area contributed by atoms with Gasteiger partial charge in [0.2, 0.25) is 10.0 Å². The molecule has 9 heteroatoms. The van der Waals surface area contributed by atoms with Crippen molar-refractivity contribution in [2.45, 2.75) is 37.0 Å². The first-order valence-electron chi connectivity index (χ1n) is 10.5. The van der Waals surface area contributed by atoms with Crippen LogP contribution in [0.4, 0.5) is 10.2 Å². The maximum Gasteiger partial charge on any atom is 0.242 e. The molecule has 2 fully saturated rings. The summed E-state index contributed by atoms with van der Waals surface area (Å²) >= 11 is 3.50. The van der Waals surface area contributed by atoms with E-state index >= 15 is 0 Å². The van der Waals surface area contributed by atoms with E-state index in [4.69, 9.17) is 0 Å². The maximum absolute atomic E-state index is 13.1. The molecule has 0 bridgehead atoms. The molecule has 1 saturated carbocycles. The Kier molecular flexibility index (Phi) is 6.40. The highest BCUT2D eigenvalue weighted by Gasteiger charge is 2.54. The van der Waals surface area contributed by atoms with Gasteiger partial charge in [-0.05, 0) is 76.2 Å². The molecule has 6 nitrogen and oxygen atoms in total. The van der Waals surface area contributed by atoms with E-state index in [2.05, 4.69) is 30.5 Å². The second-order valence-corrected chi connectivity index (χ2v) is 11.3. The zero-order valence-electron chi connectivity index (χ0n) is 17.4. The first-order chi connectivity index (χ1) is 14.7. The average Bonchev–Trinajstić information content (AvgIpc) is 3.45. The van der Waals surface area contributed by atoms with Crippen molar-refractivity contribution in [3.8, 4) is 0 Å². The molecule has 2 N–H and O–H groups in total. The monoisotopic (exact) mass is 511 g/mol. The molecule has 1 aromatic heterocycles. The minimum atomic E-state index is -3.72. The summed E-state index contributed by atoms with van der Waals surface area (Å²) in [6, 6.07) is 7.65. The molecule has 0 amide bonds. The second-order valence-electron chi connectivity index (χ2n) is 8.71. The molecule has 4 rings (SSSR count). The van der Waals surface area contributed by atoms with Crippen molar-refractivity contribution in [1.29, 1.82) is 0 Å². The Hall–Kier alpha value is -1.55. The third-order valence-electron chi connectivity index (χ3n) is 6.76. The zero-order chi connectivity index (χ0) is 22.2. The van der Waals surface area contributed by atoms with Crippen LogP contribution in [0.25, 0.3) is 0 Å². The molecule has 1 spiro atoms. The summed E-state index contributed by atoms with van der Waals surface area (Å²) in [7, 11) is -3.72. The fourth-order valence-corrected chi connectivity index (χ4v) is 6.34. The van der Waals surface area contributed by atoms with Crippen molar-refractivity contribution in [3.63, 3.8) is 0 Å². The van der Waals surface area contributed by atoms with Gasteiger partial charge in [0.25, 0.3) is 0 Å². The van der Waals surface area contributed by atoms with Gasteiger partial charge in [0.15, 0.2) is 0 Å². The van der Waals surface area contributed by atoms with Gasteiger partial charge >= 0.3 is 0 Å². The number of aromatic nitrogens is 1. The number of rotatable bonds is 7. The molecule has 0 radical (unpaired) electrons. The lowest BCUT2D eigenvalue weighted by Gasteiger charge is -2.34. The van der Waals surface area contributed by atoms with E-state index in [1.165, 1.54) is 18.3 Å². The molecule has 2 aliphatic rings. The number of piperidine rings is 1. The van der Waals surface area contributed by atoms with Crippen LogP contribution in [-0.2, 0) is 10.0 Å². The highest BCUT2D eigenvalue weighted by Crippen LogP contribution is 2.59. The molecule has 1 aromatic carbocycles. The maximum atomic E-state index is 13.1. The van der Waals surface area contributed by atoms with Gasteiger partial charge in [-0.1, -0.05) is 19.1 Å². The Bertz CT molecular complexity index is 1040. The number of nitrogens with one attached hydrogen (secondary N) is 1. The van der Waals surface area contributed by atoms with E-state index in [1.807, 2.05) is 6.92 Å². The fourth-order valence-electron chi connectivity index (χ4n) is 4.49. The van der Waals surface area contributed by atoms with E-state index in [-0.39, 0.29) is 29.8 Å². The third-order valence-corrected chi connectivity index (χ3v) is 8.74. The van der Waals surface area contributed by atoms with Gasteiger partial charge in [0, 0.05) is 32.4 Å². The molecule has 31 heavy (non-hydrogen) atoms. The lowest BCUT2D eigenvalue weighted by Crippen LogP contribution is -2.36. The number of aliphatic hydroxyl groups is 1. The summed E-state index contributed by atoms with van der Waals surface area (Å²) in [4.78, 5) is 6.71. The van der Waals surface area contributed by atoms with E-state index in [0.717, 1.165) is 43.7 Å². The number of hydrogen-bond donors (Lipinski definition) is 2. The topological polar surface area (TPSA) is 82.5 Å². The summed E-state index contributed by atoms with van der Waals surface area (Å²) in [6.07, 6.45) is 4.54. The smallest absolute Gasteiger partial charge is 0.242 e. The lowest BCUT2D eigenvalue weighted by molar-refractivity contribution is 0.232. The van der Waals surface area contributed by atoms with Crippen molar-refractivity contribution in [2.75, 3.05) is 31.1 Å². The highest BCUT2D eigenvalue weighted by molar-refractivity contribution is 9.10. The van der Waals surface area contributed by atoms with Crippen molar-refractivity contribution in [2.24, 2.45) is 11.3 Å². The van der Waals surface area contributed by atoms with Gasteiger partial charge in [-0.3, -0.25) is 0 Å². The van der Waals surface area contributed by atoms with Crippen molar-refractivity contribution in [1.82, 2.24) is 9.71 Å². The Labute approximate surface area is 191 Å². The van der Waals surface area contributed by atoms with Gasteiger partial charge in [0.1, 0.15) is 16.5 Å². The molecule has 2 aromatic rings. The number of aliphatic hydroxyl groups excluding tert-OH is 1. The number of anilines is 1. The zero-order valence-corrected chi connectivity index (χ0v) is 19.8. The lowest BCUT2D eigenvalue weighted by atomic mass is 9.91. The van der Waals surface area contributed by atoms with Crippen LogP contribution in [-0.4, -0.2) is 44.7 Å². The van der Waals surface area contributed by atoms with Crippen LogP contribution in [0.5, 0.6) is 0 Å². The Morgan fingerprint density at radius 3 is 2.58 bits per heavy atom. The summed E-state index contributed by atoms with van der Waals surface area (Å²) in [5, 5.41) is 9.40. The van der Waals surface area contributed by atoms with Gasteiger partial charge < -0.3 is 10.0 Å². The van der Waals surface area contributed by atoms with Crippen LogP contribution in [0, 0.1) is 17.2 Å². The standard InChI is InChI=1S/C22H27BrFN3O3S/c1-15(16-2-4-18(24)5-3-16)12-26-31(29,30)19-10-20(23)21(25-13-19)27-8-6-22(7-9-27)11-17(22)14-28/h2-5,10,13,15,17,26,28H,6-9,11-12,14H2,1H3. The van der Waals surface area contributed by atoms with Crippen LogP contribution < -0.4 is 9.62 Å². The van der Waals surface area contributed by atoms with Crippen LogP contribution in [0.15, 0.2) is 45.9 Å². The van der Waals surface area contributed by atoms with Crippen LogP contribution in [0.2, 0.25) is 0 Å². The SMILES string of the molecule is CC(CNS(=O)(=O)c1cnc(N2CCC3(CC2)CC3CO)c(Br)c1)c1ccc(F)cc1. The number of sulfonamides is 1. The molecular weight excluding hydrogens is 485 g/mol. The summed E-state index contributed by atoms with van der Waals surface area (Å²) in [6.45, 7) is 4.05.